The van der Waals surface area contributed by atoms with Crippen LogP contribution in [-0.2, 0) is 4.79 Å². The summed E-state index contributed by atoms with van der Waals surface area (Å²) in [6.45, 7) is 11.7. The molecule has 6 nitrogen and oxygen atoms in total. The van der Waals surface area contributed by atoms with Gasteiger partial charge in [-0.1, -0.05) is 6.92 Å². The van der Waals surface area contributed by atoms with E-state index in [0.717, 1.165) is 31.9 Å². The quantitative estimate of drug-likeness (QED) is 0.888. The minimum Gasteiger partial charge on any atom is -0.369 e. The Kier molecular flexibility index (Phi) is 5.81. The van der Waals surface area contributed by atoms with E-state index in [1.54, 1.807) is 4.90 Å². The van der Waals surface area contributed by atoms with Crippen molar-refractivity contribution < 1.29 is 9.59 Å². The van der Waals surface area contributed by atoms with Gasteiger partial charge in [-0.3, -0.25) is 14.5 Å². The average Bonchev–Trinajstić information content (AvgIpc) is 2.67. The second-order valence-corrected chi connectivity index (χ2v) is 7.38. The van der Waals surface area contributed by atoms with Crippen LogP contribution in [0.5, 0.6) is 0 Å². The number of carbonyl (C=O) groups is 2. The van der Waals surface area contributed by atoms with Crippen molar-refractivity contribution in [1.82, 2.24) is 15.1 Å². The van der Waals surface area contributed by atoms with E-state index in [4.69, 9.17) is 0 Å². The molecule has 142 valence electrons. The number of hydrogen-bond donors (Lipinski definition) is 1. The molecule has 0 saturated carbocycles. The lowest BCUT2D eigenvalue weighted by molar-refractivity contribution is -0.127. The van der Waals surface area contributed by atoms with Gasteiger partial charge in [-0.05, 0) is 44.5 Å². The lowest BCUT2D eigenvalue weighted by Gasteiger charge is -2.38. The van der Waals surface area contributed by atoms with Crippen molar-refractivity contribution in [3.63, 3.8) is 0 Å². The third kappa shape index (κ3) is 3.85. The zero-order valence-corrected chi connectivity index (χ0v) is 16.1. The predicted octanol–water partition coefficient (Wildman–Crippen LogP) is 1.57. The monoisotopic (exact) mass is 358 g/mol. The van der Waals surface area contributed by atoms with E-state index in [9.17, 15) is 9.59 Å². The van der Waals surface area contributed by atoms with Crippen LogP contribution >= 0.6 is 0 Å². The number of rotatable bonds is 4. The first kappa shape index (κ1) is 18.7. The predicted molar refractivity (Wildman–Crippen MR) is 103 cm³/mol. The molecule has 1 N–H and O–H groups in total. The summed E-state index contributed by atoms with van der Waals surface area (Å²) in [5.41, 5.74) is 1.82. The molecule has 0 bridgehead atoms. The van der Waals surface area contributed by atoms with Gasteiger partial charge in [-0.2, -0.15) is 0 Å². The summed E-state index contributed by atoms with van der Waals surface area (Å²) in [4.78, 5) is 31.4. The molecule has 3 rings (SSSR count). The number of carbonyl (C=O) groups excluding carboxylic acids is 2. The van der Waals surface area contributed by atoms with Crippen LogP contribution in [0.1, 0.15) is 37.6 Å². The summed E-state index contributed by atoms with van der Waals surface area (Å²) in [5, 5.41) is 2.84. The molecule has 1 atom stereocenters. The molecule has 1 aromatic rings. The van der Waals surface area contributed by atoms with Gasteiger partial charge in [0.1, 0.15) is 6.04 Å². The molecule has 2 fully saturated rings. The van der Waals surface area contributed by atoms with Crippen molar-refractivity contribution >= 4 is 17.5 Å². The SMILES string of the molecule is CCC1C(=O)NCCN1C(=O)c1ccc(N2CCN(C(C)C)CC2)cc1. The molecule has 2 amide bonds. The van der Waals surface area contributed by atoms with Crippen molar-refractivity contribution in [2.75, 3.05) is 44.2 Å². The Bertz CT molecular complexity index is 636. The highest BCUT2D eigenvalue weighted by atomic mass is 16.2. The molecule has 6 heteroatoms. The minimum atomic E-state index is -0.361. The van der Waals surface area contributed by atoms with Crippen molar-refractivity contribution in [3.8, 4) is 0 Å². The zero-order valence-electron chi connectivity index (χ0n) is 16.1. The fourth-order valence-corrected chi connectivity index (χ4v) is 3.84. The van der Waals surface area contributed by atoms with Gasteiger partial charge in [0, 0.05) is 56.6 Å². The molecule has 0 radical (unpaired) electrons. The van der Waals surface area contributed by atoms with Gasteiger partial charge >= 0.3 is 0 Å². The maximum atomic E-state index is 12.8. The lowest BCUT2D eigenvalue weighted by Crippen LogP contribution is -2.56. The molecule has 2 aliphatic rings. The van der Waals surface area contributed by atoms with Gasteiger partial charge in [0.25, 0.3) is 5.91 Å². The van der Waals surface area contributed by atoms with Crippen LogP contribution in [0.2, 0.25) is 0 Å². The molecular weight excluding hydrogens is 328 g/mol. The van der Waals surface area contributed by atoms with Crippen molar-refractivity contribution in [1.29, 1.82) is 0 Å². The van der Waals surface area contributed by atoms with E-state index >= 15 is 0 Å². The number of anilines is 1. The Morgan fingerprint density at radius 2 is 1.77 bits per heavy atom. The summed E-state index contributed by atoms with van der Waals surface area (Å²) < 4.78 is 0. The van der Waals surface area contributed by atoms with E-state index in [-0.39, 0.29) is 17.9 Å². The Labute approximate surface area is 156 Å². The average molecular weight is 358 g/mol. The van der Waals surface area contributed by atoms with E-state index in [0.29, 0.717) is 31.1 Å². The Balaban J connectivity index is 1.66. The smallest absolute Gasteiger partial charge is 0.254 e. The van der Waals surface area contributed by atoms with Crippen LogP contribution in [0.3, 0.4) is 0 Å². The van der Waals surface area contributed by atoms with Crippen molar-refractivity contribution in [2.24, 2.45) is 0 Å². The summed E-state index contributed by atoms with van der Waals surface area (Å²) in [5.74, 6) is -0.102. The molecule has 0 aromatic heterocycles. The third-order valence-corrected chi connectivity index (χ3v) is 5.50. The van der Waals surface area contributed by atoms with Gasteiger partial charge in [0.2, 0.25) is 5.91 Å². The van der Waals surface area contributed by atoms with Gasteiger partial charge < -0.3 is 15.1 Å². The highest BCUT2D eigenvalue weighted by Gasteiger charge is 2.32. The van der Waals surface area contributed by atoms with E-state index in [1.165, 1.54) is 0 Å². The van der Waals surface area contributed by atoms with Crippen molar-refractivity contribution in [3.05, 3.63) is 29.8 Å². The first-order valence-corrected chi connectivity index (χ1v) is 9.69. The highest BCUT2D eigenvalue weighted by Crippen LogP contribution is 2.20. The molecular formula is C20H30N4O2. The first-order chi connectivity index (χ1) is 12.5. The second-order valence-electron chi connectivity index (χ2n) is 7.38. The normalized spacial score (nSPS) is 21.8. The molecule has 0 spiro atoms. The van der Waals surface area contributed by atoms with Crippen LogP contribution < -0.4 is 10.2 Å². The van der Waals surface area contributed by atoms with Crippen LogP contribution in [0, 0.1) is 0 Å². The Morgan fingerprint density at radius 3 is 2.35 bits per heavy atom. The van der Waals surface area contributed by atoms with E-state index in [2.05, 4.69) is 29.0 Å². The summed E-state index contributed by atoms with van der Waals surface area (Å²) >= 11 is 0. The van der Waals surface area contributed by atoms with E-state index < -0.39 is 0 Å². The third-order valence-electron chi connectivity index (χ3n) is 5.50. The maximum Gasteiger partial charge on any atom is 0.254 e. The Hall–Kier alpha value is -2.08. The maximum absolute atomic E-state index is 12.8. The van der Waals surface area contributed by atoms with E-state index in [1.807, 2.05) is 31.2 Å². The fourth-order valence-electron chi connectivity index (χ4n) is 3.84. The zero-order chi connectivity index (χ0) is 18.7. The van der Waals surface area contributed by atoms with Crippen LogP contribution in [0.4, 0.5) is 5.69 Å². The van der Waals surface area contributed by atoms with Crippen LogP contribution in [0.25, 0.3) is 0 Å². The molecule has 0 aliphatic carbocycles. The van der Waals surface area contributed by atoms with Gasteiger partial charge in [-0.25, -0.2) is 0 Å². The first-order valence-electron chi connectivity index (χ1n) is 9.69. The second kappa shape index (κ2) is 8.08. The number of benzene rings is 1. The summed E-state index contributed by atoms with van der Waals surface area (Å²) in [7, 11) is 0. The number of piperazine rings is 2. The fraction of sp³-hybridized carbons (Fsp3) is 0.600. The lowest BCUT2D eigenvalue weighted by atomic mass is 10.1. The number of nitrogens with zero attached hydrogens (tertiary/aromatic N) is 3. The van der Waals surface area contributed by atoms with Crippen LogP contribution in [-0.4, -0.2) is 73.0 Å². The molecule has 1 unspecified atom stereocenters. The standard InChI is InChI=1S/C20H30N4O2/c1-4-18-19(25)21-9-10-24(18)20(26)16-5-7-17(8-6-16)23-13-11-22(12-14-23)15(2)3/h5-8,15,18H,4,9-14H2,1-3H3,(H,21,25). The Morgan fingerprint density at radius 1 is 1.12 bits per heavy atom. The largest absolute Gasteiger partial charge is 0.369 e. The van der Waals surface area contributed by atoms with Crippen LogP contribution in [0.15, 0.2) is 24.3 Å². The molecule has 2 heterocycles. The number of amides is 2. The highest BCUT2D eigenvalue weighted by molar-refractivity contribution is 5.98. The number of nitrogens with one attached hydrogen (secondary N) is 1. The van der Waals surface area contributed by atoms with Crippen molar-refractivity contribution in [2.45, 2.75) is 39.3 Å². The molecule has 1 aromatic carbocycles. The molecule has 2 aliphatic heterocycles. The van der Waals surface area contributed by atoms with Gasteiger partial charge in [0.15, 0.2) is 0 Å². The molecule has 2 saturated heterocycles. The topological polar surface area (TPSA) is 55.9 Å². The summed E-state index contributed by atoms with van der Waals surface area (Å²) in [6.07, 6.45) is 0.635. The van der Waals surface area contributed by atoms with Gasteiger partial charge in [-0.15, -0.1) is 0 Å². The molecule has 26 heavy (non-hydrogen) atoms. The number of hydrogen-bond acceptors (Lipinski definition) is 4. The van der Waals surface area contributed by atoms with Gasteiger partial charge in [0.05, 0.1) is 0 Å². The minimum absolute atomic E-state index is 0.0493. The summed E-state index contributed by atoms with van der Waals surface area (Å²) in [6, 6.07) is 8.08.